The number of rotatable bonds is 6. The summed E-state index contributed by atoms with van der Waals surface area (Å²) in [6, 6.07) is 23.1. The zero-order chi connectivity index (χ0) is 19.2. The van der Waals surface area contributed by atoms with Crippen LogP contribution in [-0.2, 0) is 0 Å². The molecule has 4 nitrogen and oxygen atoms in total. The number of benzene rings is 3. The maximum atomic E-state index is 12.4. The van der Waals surface area contributed by atoms with Crippen LogP contribution in [0.3, 0.4) is 0 Å². The topological polar surface area (TPSA) is 55.4 Å². The van der Waals surface area contributed by atoms with Crippen LogP contribution in [0.5, 0.6) is 5.75 Å². The Kier molecular flexibility index (Phi) is 6.04. The average molecular weight is 424 g/mol. The van der Waals surface area contributed by atoms with Gasteiger partial charge in [0.15, 0.2) is 6.10 Å². The van der Waals surface area contributed by atoms with Crippen LogP contribution in [0.1, 0.15) is 27.6 Å². The third-order valence-electron chi connectivity index (χ3n) is 3.96. The lowest BCUT2D eigenvalue weighted by Crippen LogP contribution is -2.23. The molecule has 27 heavy (non-hydrogen) atoms. The number of nitrogens with one attached hydrogen (secondary N) is 1. The number of carbonyl (C=O) groups excluding carboxylic acids is 2. The monoisotopic (exact) mass is 423 g/mol. The Morgan fingerprint density at radius 3 is 2.11 bits per heavy atom. The predicted octanol–water partition coefficient (Wildman–Crippen LogP) is 5.35. The maximum absolute atomic E-state index is 12.4. The van der Waals surface area contributed by atoms with Gasteiger partial charge in [0, 0.05) is 21.3 Å². The van der Waals surface area contributed by atoms with Crippen LogP contribution in [0.15, 0.2) is 83.3 Å². The molecule has 3 aromatic rings. The van der Waals surface area contributed by atoms with E-state index in [4.69, 9.17) is 4.74 Å². The van der Waals surface area contributed by atoms with Crippen LogP contribution < -0.4 is 10.1 Å². The van der Waals surface area contributed by atoms with E-state index in [1.807, 2.05) is 30.3 Å². The molecule has 1 amide bonds. The first-order chi connectivity index (χ1) is 13.0. The van der Waals surface area contributed by atoms with Crippen LogP contribution in [0.4, 0.5) is 5.69 Å². The van der Waals surface area contributed by atoms with E-state index in [2.05, 4.69) is 21.2 Å². The molecule has 0 aliphatic rings. The van der Waals surface area contributed by atoms with Crippen molar-refractivity contribution in [2.45, 2.75) is 13.0 Å². The summed E-state index contributed by atoms with van der Waals surface area (Å²) in [4.78, 5) is 24.6. The number of ketones is 1. The molecule has 0 bridgehead atoms. The van der Waals surface area contributed by atoms with Gasteiger partial charge in [-0.05, 0) is 55.5 Å². The zero-order valence-corrected chi connectivity index (χ0v) is 16.3. The van der Waals surface area contributed by atoms with Crippen LogP contribution in [-0.4, -0.2) is 17.8 Å². The number of amides is 1. The lowest BCUT2D eigenvalue weighted by atomic mass is 10.1. The van der Waals surface area contributed by atoms with Gasteiger partial charge in [-0.15, -0.1) is 0 Å². The Hall–Kier alpha value is -2.92. The van der Waals surface area contributed by atoms with Crippen LogP contribution >= 0.6 is 15.9 Å². The second kappa shape index (κ2) is 8.64. The highest BCUT2D eigenvalue weighted by Crippen LogP contribution is 2.19. The molecule has 0 saturated heterocycles. The molecular weight excluding hydrogens is 406 g/mol. The number of ether oxygens (including phenoxy) is 1. The summed E-state index contributed by atoms with van der Waals surface area (Å²) in [6.45, 7) is 1.72. The molecule has 3 aromatic carbocycles. The molecule has 1 N–H and O–H groups in total. The van der Waals surface area contributed by atoms with E-state index in [0.717, 1.165) is 4.47 Å². The molecule has 0 aromatic heterocycles. The Balaban J connectivity index is 1.60. The molecular formula is C22H18BrNO3. The Labute approximate surface area is 166 Å². The van der Waals surface area contributed by atoms with Crippen molar-refractivity contribution >= 4 is 33.3 Å². The predicted molar refractivity (Wildman–Crippen MR) is 109 cm³/mol. The first-order valence-corrected chi connectivity index (χ1v) is 9.25. The van der Waals surface area contributed by atoms with Gasteiger partial charge in [0.1, 0.15) is 5.75 Å². The molecule has 0 aliphatic carbocycles. The fraction of sp³-hybridized carbons (Fsp3) is 0.0909. The second-order valence-electron chi connectivity index (χ2n) is 5.98. The van der Waals surface area contributed by atoms with Gasteiger partial charge in [0.2, 0.25) is 5.78 Å². The Bertz CT molecular complexity index is 922. The lowest BCUT2D eigenvalue weighted by molar-refractivity contribution is 0.0818. The van der Waals surface area contributed by atoms with E-state index in [1.165, 1.54) is 0 Å². The van der Waals surface area contributed by atoms with E-state index in [1.54, 1.807) is 55.5 Å². The van der Waals surface area contributed by atoms with Gasteiger partial charge < -0.3 is 10.1 Å². The lowest BCUT2D eigenvalue weighted by Gasteiger charge is -2.14. The van der Waals surface area contributed by atoms with Gasteiger partial charge in [0.25, 0.3) is 5.91 Å². The summed E-state index contributed by atoms with van der Waals surface area (Å²) in [7, 11) is 0. The minimum absolute atomic E-state index is 0.0804. The molecule has 0 fully saturated rings. The molecule has 1 atom stereocenters. The molecule has 0 heterocycles. The van der Waals surface area contributed by atoms with Gasteiger partial charge in [-0.3, -0.25) is 9.59 Å². The molecule has 136 valence electrons. The molecule has 3 rings (SSSR count). The van der Waals surface area contributed by atoms with Crippen LogP contribution in [0.25, 0.3) is 0 Å². The van der Waals surface area contributed by atoms with Gasteiger partial charge >= 0.3 is 0 Å². The summed E-state index contributed by atoms with van der Waals surface area (Å²) in [5.41, 5.74) is 1.83. The van der Waals surface area contributed by atoms with Crippen molar-refractivity contribution in [1.29, 1.82) is 0 Å². The SMILES string of the molecule is CC(Oc1ccc(NC(=O)c2ccc(Br)cc2)cc1)C(=O)c1ccccc1. The van der Waals surface area contributed by atoms with E-state index in [-0.39, 0.29) is 11.7 Å². The normalized spacial score (nSPS) is 11.5. The van der Waals surface area contributed by atoms with E-state index >= 15 is 0 Å². The molecule has 1 unspecified atom stereocenters. The average Bonchev–Trinajstić information content (AvgIpc) is 2.70. The summed E-state index contributed by atoms with van der Waals surface area (Å²) in [6.07, 6.45) is -0.601. The minimum atomic E-state index is -0.601. The fourth-order valence-corrected chi connectivity index (χ4v) is 2.78. The summed E-state index contributed by atoms with van der Waals surface area (Å²) in [5, 5.41) is 2.83. The number of hydrogen-bond acceptors (Lipinski definition) is 3. The van der Waals surface area contributed by atoms with Crippen molar-refractivity contribution in [2.24, 2.45) is 0 Å². The highest BCUT2D eigenvalue weighted by Gasteiger charge is 2.16. The number of carbonyl (C=O) groups is 2. The zero-order valence-electron chi connectivity index (χ0n) is 14.7. The van der Waals surface area contributed by atoms with Crippen molar-refractivity contribution in [3.63, 3.8) is 0 Å². The quantitative estimate of drug-likeness (QED) is 0.543. The standard InChI is InChI=1S/C22H18BrNO3/c1-15(21(25)16-5-3-2-4-6-16)27-20-13-11-19(12-14-20)24-22(26)17-7-9-18(23)10-8-17/h2-15H,1H3,(H,24,26). The van der Waals surface area contributed by atoms with Crippen molar-refractivity contribution in [3.8, 4) is 5.75 Å². The van der Waals surface area contributed by atoms with Gasteiger partial charge in [0.05, 0.1) is 0 Å². The minimum Gasteiger partial charge on any atom is -0.483 e. The Morgan fingerprint density at radius 2 is 1.48 bits per heavy atom. The first kappa shape index (κ1) is 18.9. The summed E-state index contributed by atoms with van der Waals surface area (Å²) < 4.78 is 6.64. The fourth-order valence-electron chi connectivity index (χ4n) is 2.52. The number of halogens is 1. The summed E-state index contributed by atoms with van der Waals surface area (Å²) in [5.74, 6) is 0.292. The molecule has 0 radical (unpaired) electrons. The van der Waals surface area contributed by atoms with Crippen molar-refractivity contribution in [2.75, 3.05) is 5.32 Å². The third-order valence-corrected chi connectivity index (χ3v) is 4.49. The molecule has 0 spiro atoms. The maximum Gasteiger partial charge on any atom is 0.255 e. The summed E-state index contributed by atoms with van der Waals surface area (Å²) >= 11 is 3.34. The molecule has 0 aliphatic heterocycles. The van der Waals surface area contributed by atoms with Gasteiger partial charge in [-0.25, -0.2) is 0 Å². The van der Waals surface area contributed by atoms with Crippen molar-refractivity contribution < 1.29 is 14.3 Å². The van der Waals surface area contributed by atoms with E-state index in [0.29, 0.717) is 22.6 Å². The van der Waals surface area contributed by atoms with Crippen LogP contribution in [0, 0.1) is 0 Å². The van der Waals surface area contributed by atoms with Gasteiger partial charge in [-0.2, -0.15) is 0 Å². The Morgan fingerprint density at radius 1 is 0.852 bits per heavy atom. The number of anilines is 1. The highest BCUT2D eigenvalue weighted by molar-refractivity contribution is 9.10. The number of Topliss-reactive ketones (excluding diaryl/α,β-unsaturated/α-hetero) is 1. The second-order valence-corrected chi connectivity index (χ2v) is 6.89. The van der Waals surface area contributed by atoms with Crippen LogP contribution in [0.2, 0.25) is 0 Å². The van der Waals surface area contributed by atoms with E-state index < -0.39 is 6.10 Å². The number of hydrogen-bond donors (Lipinski definition) is 1. The highest BCUT2D eigenvalue weighted by atomic mass is 79.9. The van der Waals surface area contributed by atoms with Crippen molar-refractivity contribution in [1.82, 2.24) is 0 Å². The molecule has 5 heteroatoms. The van der Waals surface area contributed by atoms with Gasteiger partial charge in [-0.1, -0.05) is 46.3 Å². The molecule has 0 saturated carbocycles. The van der Waals surface area contributed by atoms with E-state index in [9.17, 15) is 9.59 Å². The first-order valence-electron chi connectivity index (χ1n) is 8.46. The largest absolute Gasteiger partial charge is 0.483 e. The third kappa shape index (κ3) is 5.05. The smallest absolute Gasteiger partial charge is 0.255 e. The van der Waals surface area contributed by atoms with Crippen molar-refractivity contribution in [3.05, 3.63) is 94.5 Å².